The van der Waals surface area contributed by atoms with E-state index in [0.717, 1.165) is 11.3 Å². The van der Waals surface area contributed by atoms with E-state index in [-0.39, 0.29) is 5.78 Å². The van der Waals surface area contributed by atoms with Crippen LogP contribution in [-0.2, 0) is 0 Å². The maximum atomic E-state index is 11.3. The Kier molecular flexibility index (Phi) is 3.37. The van der Waals surface area contributed by atoms with Gasteiger partial charge < -0.3 is 5.32 Å². The number of nitrogens with one attached hydrogen (secondary N) is 1. The second kappa shape index (κ2) is 4.96. The predicted octanol–water partition coefficient (Wildman–Crippen LogP) is 3.04. The molecule has 0 fully saturated rings. The van der Waals surface area contributed by atoms with Gasteiger partial charge in [-0.15, -0.1) is 0 Å². The predicted molar refractivity (Wildman–Crippen MR) is 71.2 cm³/mol. The zero-order valence-electron chi connectivity index (χ0n) is 10.7. The Labute approximate surface area is 106 Å². The minimum atomic E-state index is -0.0189. The van der Waals surface area contributed by atoms with Crippen LogP contribution in [0.5, 0.6) is 0 Å². The molecular formula is C14H15N3O. The van der Waals surface area contributed by atoms with E-state index in [2.05, 4.69) is 15.3 Å². The summed E-state index contributed by atoms with van der Waals surface area (Å²) in [5.41, 5.74) is 3.35. The lowest BCUT2D eigenvalue weighted by Gasteiger charge is -2.07. The molecule has 1 aromatic heterocycles. The molecule has 0 aliphatic heterocycles. The monoisotopic (exact) mass is 241 g/mol. The van der Waals surface area contributed by atoms with E-state index in [1.54, 1.807) is 13.1 Å². The molecule has 2 aromatic rings. The van der Waals surface area contributed by atoms with Gasteiger partial charge in [0.1, 0.15) is 0 Å². The molecule has 0 unspecified atom stereocenters. The van der Waals surface area contributed by atoms with Gasteiger partial charge in [0.15, 0.2) is 5.78 Å². The molecule has 1 heterocycles. The summed E-state index contributed by atoms with van der Waals surface area (Å²) in [4.78, 5) is 19.7. The molecular weight excluding hydrogens is 226 g/mol. The highest BCUT2D eigenvalue weighted by atomic mass is 16.1. The largest absolute Gasteiger partial charge is 0.324 e. The van der Waals surface area contributed by atoms with Gasteiger partial charge in [0.2, 0.25) is 5.95 Å². The summed E-state index contributed by atoms with van der Waals surface area (Å²) in [6.45, 7) is 5.34. The van der Waals surface area contributed by atoms with Gasteiger partial charge in [-0.25, -0.2) is 9.97 Å². The molecule has 2 rings (SSSR count). The smallest absolute Gasteiger partial charge is 0.227 e. The Hall–Kier alpha value is -2.23. The van der Waals surface area contributed by atoms with Crippen molar-refractivity contribution in [2.45, 2.75) is 20.8 Å². The van der Waals surface area contributed by atoms with E-state index in [0.29, 0.717) is 17.2 Å². The number of ketones is 1. The lowest BCUT2D eigenvalue weighted by molar-refractivity contribution is 0.101. The Morgan fingerprint density at radius 1 is 1.28 bits per heavy atom. The van der Waals surface area contributed by atoms with Gasteiger partial charge in [0.05, 0.1) is 11.3 Å². The standard InChI is InChI=1S/C14H15N3O/c1-9-5-4-6-12(7-9)17-14-15-8-13(11(3)18)10(2)16-14/h4-8H,1-3H3,(H,15,16,17). The van der Waals surface area contributed by atoms with Crippen molar-refractivity contribution in [3.05, 3.63) is 47.3 Å². The van der Waals surface area contributed by atoms with Gasteiger partial charge in [-0.1, -0.05) is 12.1 Å². The number of hydrogen-bond acceptors (Lipinski definition) is 4. The second-order valence-corrected chi connectivity index (χ2v) is 4.24. The number of anilines is 2. The van der Waals surface area contributed by atoms with Crippen molar-refractivity contribution < 1.29 is 4.79 Å². The van der Waals surface area contributed by atoms with Crippen molar-refractivity contribution in [1.82, 2.24) is 9.97 Å². The topological polar surface area (TPSA) is 54.9 Å². The maximum Gasteiger partial charge on any atom is 0.227 e. The highest BCUT2D eigenvalue weighted by Crippen LogP contribution is 2.15. The third-order valence-corrected chi connectivity index (χ3v) is 2.63. The van der Waals surface area contributed by atoms with Crippen LogP contribution in [-0.4, -0.2) is 15.8 Å². The van der Waals surface area contributed by atoms with Crippen LogP contribution in [0.4, 0.5) is 11.6 Å². The van der Waals surface area contributed by atoms with E-state index in [4.69, 9.17) is 0 Å². The highest BCUT2D eigenvalue weighted by Gasteiger charge is 2.07. The molecule has 18 heavy (non-hydrogen) atoms. The highest BCUT2D eigenvalue weighted by molar-refractivity contribution is 5.94. The summed E-state index contributed by atoms with van der Waals surface area (Å²) < 4.78 is 0. The molecule has 0 aliphatic carbocycles. The first-order chi connectivity index (χ1) is 8.56. The molecule has 1 aromatic carbocycles. The Morgan fingerprint density at radius 3 is 2.67 bits per heavy atom. The molecule has 0 aliphatic rings. The Balaban J connectivity index is 2.25. The minimum absolute atomic E-state index is 0.0189. The van der Waals surface area contributed by atoms with Gasteiger partial charge in [-0.2, -0.15) is 0 Å². The Morgan fingerprint density at radius 2 is 2.06 bits per heavy atom. The van der Waals surface area contributed by atoms with Crippen molar-refractivity contribution in [3.63, 3.8) is 0 Å². The molecule has 92 valence electrons. The van der Waals surface area contributed by atoms with Crippen molar-refractivity contribution in [3.8, 4) is 0 Å². The third kappa shape index (κ3) is 2.71. The molecule has 4 nitrogen and oxygen atoms in total. The van der Waals surface area contributed by atoms with Crippen LogP contribution in [0.15, 0.2) is 30.5 Å². The SMILES string of the molecule is CC(=O)c1cnc(Nc2cccc(C)c2)nc1C. The maximum absolute atomic E-state index is 11.3. The normalized spacial score (nSPS) is 10.2. The fourth-order valence-corrected chi connectivity index (χ4v) is 1.72. The van der Waals surface area contributed by atoms with Crippen molar-refractivity contribution in [1.29, 1.82) is 0 Å². The number of hydrogen-bond donors (Lipinski definition) is 1. The number of carbonyl (C=O) groups is 1. The van der Waals surface area contributed by atoms with Crippen LogP contribution in [0.25, 0.3) is 0 Å². The first kappa shape index (κ1) is 12.2. The number of rotatable bonds is 3. The van der Waals surface area contributed by atoms with E-state index < -0.39 is 0 Å². The van der Waals surface area contributed by atoms with Crippen molar-refractivity contribution in [2.24, 2.45) is 0 Å². The number of aromatic nitrogens is 2. The summed E-state index contributed by atoms with van der Waals surface area (Å²) in [5.74, 6) is 0.484. The molecule has 0 spiro atoms. The van der Waals surface area contributed by atoms with E-state index in [1.807, 2.05) is 31.2 Å². The Bertz CT molecular complexity index is 593. The fourth-order valence-electron chi connectivity index (χ4n) is 1.72. The molecule has 1 N–H and O–H groups in total. The van der Waals surface area contributed by atoms with Gasteiger partial charge in [0, 0.05) is 11.9 Å². The van der Waals surface area contributed by atoms with Gasteiger partial charge in [-0.3, -0.25) is 4.79 Å². The minimum Gasteiger partial charge on any atom is -0.324 e. The summed E-state index contributed by atoms with van der Waals surface area (Å²) in [7, 11) is 0. The van der Waals surface area contributed by atoms with Gasteiger partial charge >= 0.3 is 0 Å². The molecule has 4 heteroatoms. The lowest BCUT2D eigenvalue weighted by atomic mass is 10.2. The summed E-state index contributed by atoms with van der Waals surface area (Å²) in [5, 5.41) is 3.12. The van der Waals surface area contributed by atoms with Gasteiger partial charge in [0.25, 0.3) is 0 Å². The van der Waals surface area contributed by atoms with E-state index in [1.165, 1.54) is 6.92 Å². The zero-order valence-corrected chi connectivity index (χ0v) is 10.7. The number of aryl methyl sites for hydroxylation is 2. The van der Waals surface area contributed by atoms with Crippen molar-refractivity contribution >= 4 is 17.4 Å². The number of Topliss-reactive ketones (excluding diaryl/α,β-unsaturated/α-hetero) is 1. The second-order valence-electron chi connectivity index (χ2n) is 4.24. The summed E-state index contributed by atoms with van der Waals surface area (Å²) in [6.07, 6.45) is 1.56. The number of nitrogens with zero attached hydrogens (tertiary/aromatic N) is 2. The van der Waals surface area contributed by atoms with E-state index in [9.17, 15) is 4.79 Å². The molecule has 0 saturated heterocycles. The quantitative estimate of drug-likeness (QED) is 0.839. The fraction of sp³-hybridized carbons (Fsp3) is 0.214. The van der Waals surface area contributed by atoms with Crippen LogP contribution >= 0.6 is 0 Å². The first-order valence-corrected chi connectivity index (χ1v) is 5.74. The molecule has 0 atom stereocenters. The van der Waals surface area contributed by atoms with Crippen LogP contribution in [0, 0.1) is 13.8 Å². The molecule has 0 radical (unpaired) electrons. The first-order valence-electron chi connectivity index (χ1n) is 5.74. The molecule has 0 saturated carbocycles. The van der Waals surface area contributed by atoms with Crippen LogP contribution in [0.2, 0.25) is 0 Å². The third-order valence-electron chi connectivity index (χ3n) is 2.63. The molecule has 0 bridgehead atoms. The zero-order chi connectivity index (χ0) is 13.1. The average molecular weight is 241 g/mol. The average Bonchev–Trinajstić information content (AvgIpc) is 2.28. The van der Waals surface area contributed by atoms with Crippen molar-refractivity contribution in [2.75, 3.05) is 5.32 Å². The number of carbonyl (C=O) groups excluding carboxylic acids is 1. The van der Waals surface area contributed by atoms with Crippen LogP contribution < -0.4 is 5.32 Å². The lowest BCUT2D eigenvalue weighted by Crippen LogP contribution is -2.04. The summed E-state index contributed by atoms with van der Waals surface area (Å²) in [6, 6.07) is 7.95. The van der Waals surface area contributed by atoms with E-state index >= 15 is 0 Å². The summed E-state index contributed by atoms with van der Waals surface area (Å²) >= 11 is 0. The van der Waals surface area contributed by atoms with Crippen LogP contribution in [0.1, 0.15) is 28.5 Å². The van der Waals surface area contributed by atoms with Gasteiger partial charge in [-0.05, 0) is 38.5 Å². The van der Waals surface area contributed by atoms with Crippen LogP contribution in [0.3, 0.4) is 0 Å². The number of benzene rings is 1. The molecule has 0 amide bonds.